The number of benzene rings is 1. The molecular weight excluding hydrogens is 272 g/mol. The molecule has 1 amide bonds. The summed E-state index contributed by atoms with van der Waals surface area (Å²) in [6, 6.07) is 6.25. The number of nitrogens with zero attached hydrogens (tertiary/aromatic N) is 2. The van der Waals surface area contributed by atoms with Crippen molar-refractivity contribution in [1.82, 2.24) is 20.7 Å². The summed E-state index contributed by atoms with van der Waals surface area (Å²) in [5, 5.41) is 13.8. The smallest absolute Gasteiger partial charge is 0.230 e. The summed E-state index contributed by atoms with van der Waals surface area (Å²) < 4.78 is 0. The molecular formula is C14H18N4OS. The predicted octanol–water partition coefficient (Wildman–Crippen LogP) is 2.39. The van der Waals surface area contributed by atoms with Crippen LogP contribution in [0.4, 0.5) is 0 Å². The summed E-state index contributed by atoms with van der Waals surface area (Å²) in [7, 11) is 0. The molecule has 0 spiro atoms. The summed E-state index contributed by atoms with van der Waals surface area (Å²) in [6.45, 7) is 6.15. The lowest BCUT2D eigenvalue weighted by atomic mass is 10.0. The number of rotatable bonds is 5. The summed E-state index contributed by atoms with van der Waals surface area (Å²) >= 11 is 1.36. The van der Waals surface area contributed by atoms with E-state index in [0.717, 1.165) is 10.6 Å². The highest BCUT2D eigenvalue weighted by atomic mass is 32.2. The third-order valence-electron chi connectivity index (χ3n) is 3.15. The van der Waals surface area contributed by atoms with Crippen LogP contribution in [-0.4, -0.2) is 27.1 Å². The van der Waals surface area contributed by atoms with Crippen molar-refractivity contribution in [2.45, 2.75) is 31.8 Å². The van der Waals surface area contributed by atoms with Crippen LogP contribution in [0, 0.1) is 13.8 Å². The van der Waals surface area contributed by atoms with Crippen LogP contribution in [0.1, 0.15) is 29.7 Å². The van der Waals surface area contributed by atoms with Crippen LogP contribution >= 0.6 is 11.8 Å². The van der Waals surface area contributed by atoms with Crippen molar-refractivity contribution < 1.29 is 4.79 Å². The van der Waals surface area contributed by atoms with Crippen LogP contribution in [0.25, 0.3) is 0 Å². The molecule has 5 nitrogen and oxygen atoms in total. The van der Waals surface area contributed by atoms with Gasteiger partial charge in [0.05, 0.1) is 18.0 Å². The quantitative estimate of drug-likeness (QED) is 0.830. The number of hydrogen-bond donors (Lipinski definition) is 2. The van der Waals surface area contributed by atoms with Gasteiger partial charge in [0.15, 0.2) is 0 Å². The Bertz CT molecular complexity index is 583. The second-order valence-electron chi connectivity index (χ2n) is 4.73. The zero-order valence-corrected chi connectivity index (χ0v) is 12.6. The fourth-order valence-electron chi connectivity index (χ4n) is 1.80. The van der Waals surface area contributed by atoms with Crippen molar-refractivity contribution in [3.05, 3.63) is 41.1 Å². The van der Waals surface area contributed by atoms with Crippen LogP contribution < -0.4 is 5.32 Å². The minimum atomic E-state index is -0.0104. The van der Waals surface area contributed by atoms with E-state index in [1.807, 2.05) is 6.92 Å². The van der Waals surface area contributed by atoms with E-state index in [2.05, 4.69) is 52.8 Å². The monoisotopic (exact) mass is 290 g/mol. The van der Waals surface area contributed by atoms with Crippen molar-refractivity contribution in [3.63, 3.8) is 0 Å². The second kappa shape index (κ2) is 6.56. The van der Waals surface area contributed by atoms with Gasteiger partial charge >= 0.3 is 0 Å². The number of hydrogen-bond acceptors (Lipinski definition) is 4. The minimum absolute atomic E-state index is 0.000270. The Kier molecular flexibility index (Phi) is 4.79. The Hall–Kier alpha value is -1.82. The van der Waals surface area contributed by atoms with E-state index in [-0.39, 0.29) is 11.9 Å². The maximum atomic E-state index is 11.9. The van der Waals surface area contributed by atoms with Gasteiger partial charge < -0.3 is 5.32 Å². The van der Waals surface area contributed by atoms with Crippen molar-refractivity contribution >= 4 is 17.7 Å². The molecule has 6 heteroatoms. The first-order valence-corrected chi connectivity index (χ1v) is 7.40. The zero-order chi connectivity index (χ0) is 14.5. The van der Waals surface area contributed by atoms with Gasteiger partial charge in [-0.3, -0.25) is 4.79 Å². The number of carbonyl (C=O) groups is 1. The van der Waals surface area contributed by atoms with E-state index in [0.29, 0.717) is 5.75 Å². The molecule has 2 N–H and O–H groups in total. The number of nitrogens with one attached hydrogen (secondary N) is 2. The molecule has 20 heavy (non-hydrogen) atoms. The Morgan fingerprint density at radius 2 is 2.20 bits per heavy atom. The highest BCUT2D eigenvalue weighted by Crippen LogP contribution is 2.17. The first-order valence-electron chi connectivity index (χ1n) is 6.41. The number of aromatic amines is 1. The predicted molar refractivity (Wildman–Crippen MR) is 79.6 cm³/mol. The number of carbonyl (C=O) groups excluding carboxylic acids is 1. The molecule has 2 rings (SSSR count). The fourth-order valence-corrected chi connectivity index (χ4v) is 2.40. The molecule has 1 aromatic carbocycles. The normalized spacial score (nSPS) is 12.2. The van der Waals surface area contributed by atoms with E-state index in [9.17, 15) is 4.79 Å². The van der Waals surface area contributed by atoms with Gasteiger partial charge in [-0.25, -0.2) is 0 Å². The lowest BCUT2D eigenvalue weighted by Crippen LogP contribution is -2.28. The molecule has 0 aliphatic carbocycles. The topological polar surface area (TPSA) is 70.7 Å². The molecule has 0 radical (unpaired) electrons. The van der Waals surface area contributed by atoms with Gasteiger partial charge in [0.1, 0.15) is 5.03 Å². The average molecular weight is 290 g/mol. The molecule has 0 aliphatic heterocycles. The highest BCUT2D eigenvalue weighted by Gasteiger charge is 2.11. The van der Waals surface area contributed by atoms with Gasteiger partial charge in [0.25, 0.3) is 0 Å². The molecule has 1 aromatic heterocycles. The molecule has 2 aromatic rings. The van der Waals surface area contributed by atoms with Gasteiger partial charge in [0.2, 0.25) is 5.91 Å². The number of H-pyrrole nitrogens is 1. The minimum Gasteiger partial charge on any atom is -0.349 e. The summed E-state index contributed by atoms with van der Waals surface area (Å²) in [4.78, 5) is 11.9. The van der Waals surface area contributed by atoms with Gasteiger partial charge in [-0.2, -0.15) is 10.3 Å². The third kappa shape index (κ3) is 3.84. The van der Waals surface area contributed by atoms with Crippen molar-refractivity contribution in [2.24, 2.45) is 0 Å². The molecule has 0 saturated carbocycles. The van der Waals surface area contributed by atoms with Gasteiger partial charge in [0, 0.05) is 0 Å². The van der Waals surface area contributed by atoms with Gasteiger partial charge in [-0.15, -0.1) is 5.10 Å². The van der Waals surface area contributed by atoms with Gasteiger partial charge in [-0.1, -0.05) is 30.0 Å². The van der Waals surface area contributed by atoms with Crippen LogP contribution in [0.5, 0.6) is 0 Å². The Balaban J connectivity index is 1.88. The third-order valence-corrected chi connectivity index (χ3v) is 4.05. The molecule has 1 atom stereocenters. The Morgan fingerprint density at radius 1 is 1.40 bits per heavy atom. The average Bonchev–Trinajstić information content (AvgIpc) is 2.92. The molecule has 106 valence electrons. The van der Waals surface area contributed by atoms with Crippen molar-refractivity contribution in [1.29, 1.82) is 0 Å². The SMILES string of the molecule is Cc1ccc(C(C)NC(=O)CSc2cn[nH]n2)cc1C. The van der Waals surface area contributed by atoms with Crippen LogP contribution in [0.2, 0.25) is 0 Å². The van der Waals surface area contributed by atoms with E-state index in [4.69, 9.17) is 0 Å². The largest absolute Gasteiger partial charge is 0.349 e. The van der Waals surface area contributed by atoms with E-state index in [1.165, 1.54) is 22.9 Å². The molecule has 0 fully saturated rings. The van der Waals surface area contributed by atoms with Crippen molar-refractivity contribution in [3.8, 4) is 0 Å². The van der Waals surface area contributed by atoms with Crippen LogP contribution in [0.3, 0.4) is 0 Å². The highest BCUT2D eigenvalue weighted by molar-refractivity contribution is 7.99. The van der Waals surface area contributed by atoms with Crippen LogP contribution in [0.15, 0.2) is 29.4 Å². The summed E-state index contributed by atoms with van der Waals surface area (Å²) in [5.74, 6) is 0.325. The number of aryl methyl sites for hydroxylation is 2. The van der Waals surface area contributed by atoms with E-state index < -0.39 is 0 Å². The fraction of sp³-hybridized carbons (Fsp3) is 0.357. The number of thioether (sulfide) groups is 1. The second-order valence-corrected chi connectivity index (χ2v) is 5.73. The lowest BCUT2D eigenvalue weighted by molar-refractivity contribution is -0.119. The van der Waals surface area contributed by atoms with Gasteiger partial charge in [-0.05, 0) is 37.5 Å². The Labute approximate surface area is 122 Å². The van der Waals surface area contributed by atoms with Crippen molar-refractivity contribution in [2.75, 3.05) is 5.75 Å². The maximum absolute atomic E-state index is 11.9. The Morgan fingerprint density at radius 3 is 2.85 bits per heavy atom. The standard InChI is InChI=1S/C14H18N4OS/c1-9-4-5-12(6-10(9)2)11(3)16-13(19)8-20-14-7-15-18-17-14/h4-7,11H,8H2,1-3H3,(H,16,19)(H,15,17,18). The summed E-state index contributed by atoms with van der Waals surface area (Å²) in [5.41, 5.74) is 3.61. The molecule has 0 saturated heterocycles. The lowest BCUT2D eigenvalue weighted by Gasteiger charge is -2.15. The summed E-state index contributed by atoms with van der Waals surface area (Å²) in [6.07, 6.45) is 1.60. The first-order chi connectivity index (χ1) is 9.56. The molecule has 0 aliphatic rings. The molecule has 1 heterocycles. The molecule has 0 bridgehead atoms. The number of aromatic nitrogens is 3. The van der Waals surface area contributed by atoms with Crippen LogP contribution in [-0.2, 0) is 4.79 Å². The van der Waals surface area contributed by atoms with E-state index in [1.54, 1.807) is 6.20 Å². The van der Waals surface area contributed by atoms with E-state index >= 15 is 0 Å². The molecule has 1 unspecified atom stereocenters. The zero-order valence-electron chi connectivity index (χ0n) is 11.8. The number of amides is 1. The first kappa shape index (κ1) is 14.6. The maximum Gasteiger partial charge on any atom is 0.230 e.